The van der Waals surface area contributed by atoms with Gasteiger partial charge in [-0.1, -0.05) is 39.4 Å². The summed E-state index contributed by atoms with van der Waals surface area (Å²) in [6.45, 7) is 8.01. The van der Waals surface area contributed by atoms with Gasteiger partial charge in [0.05, 0.1) is 10.9 Å². The van der Waals surface area contributed by atoms with Crippen molar-refractivity contribution in [2.24, 2.45) is 11.7 Å². The van der Waals surface area contributed by atoms with Crippen molar-refractivity contribution in [3.05, 3.63) is 0 Å². The fourth-order valence-corrected chi connectivity index (χ4v) is 3.80. The van der Waals surface area contributed by atoms with Crippen LogP contribution in [0, 0.1) is 5.92 Å². The van der Waals surface area contributed by atoms with Gasteiger partial charge in [-0.2, -0.15) is 11.8 Å². The number of carbonyl (C=O) groups excluding carboxylic acids is 1. The summed E-state index contributed by atoms with van der Waals surface area (Å²) in [6, 6.07) is 0. The number of rotatable bonds is 4. The van der Waals surface area contributed by atoms with E-state index in [9.17, 15) is 4.79 Å². The molecule has 0 aromatic carbocycles. The minimum Gasteiger partial charge on any atom is -0.393 e. The summed E-state index contributed by atoms with van der Waals surface area (Å²) >= 11 is 6.95. The Morgan fingerprint density at radius 1 is 1.47 bits per heavy atom. The molecule has 0 aromatic heterocycles. The number of nitrogens with zero attached hydrogens (tertiary/aromatic N) is 1. The highest BCUT2D eigenvalue weighted by atomic mass is 32.2. The molecule has 0 aromatic rings. The van der Waals surface area contributed by atoms with E-state index in [0.717, 1.165) is 25.9 Å². The van der Waals surface area contributed by atoms with Crippen LogP contribution < -0.4 is 5.73 Å². The van der Waals surface area contributed by atoms with E-state index in [0.29, 0.717) is 15.5 Å². The van der Waals surface area contributed by atoms with Crippen LogP contribution >= 0.6 is 24.0 Å². The topological polar surface area (TPSA) is 46.3 Å². The SMILES string of the molecule is CCCC(C(=O)N1CC(C)SC(C)C1)C(N)=S. The molecule has 3 atom stereocenters. The van der Waals surface area contributed by atoms with Gasteiger partial charge in [0.2, 0.25) is 5.91 Å². The smallest absolute Gasteiger partial charge is 0.232 e. The Morgan fingerprint density at radius 2 is 2.00 bits per heavy atom. The summed E-state index contributed by atoms with van der Waals surface area (Å²) in [5.74, 6) is -0.143. The molecule has 1 saturated heterocycles. The lowest BCUT2D eigenvalue weighted by Crippen LogP contribution is -2.48. The summed E-state index contributed by atoms with van der Waals surface area (Å²) in [6.07, 6.45) is 1.70. The first-order chi connectivity index (χ1) is 7.95. The number of amides is 1. The van der Waals surface area contributed by atoms with Crippen molar-refractivity contribution in [2.75, 3.05) is 13.1 Å². The molecule has 0 saturated carbocycles. The van der Waals surface area contributed by atoms with Crippen LogP contribution in [0.15, 0.2) is 0 Å². The van der Waals surface area contributed by atoms with Crippen molar-refractivity contribution in [1.82, 2.24) is 4.90 Å². The van der Waals surface area contributed by atoms with E-state index < -0.39 is 0 Å². The third kappa shape index (κ3) is 4.14. The van der Waals surface area contributed by atoms with Crippen molar-refractivity contribution in [2.45, 2.75) is 44.1 Å². The molecule has 0 bridgehead atoms. The van der Waals surface area contributed by atoms with Crippen molar-refractivity contribution in [1.29, 1.82) is 0 Å². The third-order valence-corrected chi connectivity index (χ3v) is 4.46. The van der Waals surface area contributed by atoms with Crippen molar-refractivity contribution in [3.8, 4) is 0 Å². The van der Waals surface area contributed by atoms with E-state index >= 15 is 0 Å². The normalized spacial score (nSPS) is 26.6. The van der Waals surface area contributed by atoms with E-state index in [-0.39, 0.29) is 11.8 Å². The molecule has 17 heavy (non-hydrogen) atoms. The summed E-state index contributed by atoms with van der Waals surface area (Å²) in [4.78, 5) is 14.6. The minimum absolute atomic E-state index is 0.123. The second-order valence-electron chi connectivity index (χ2n) is 4.74. The van der Waals surface area contributed by atoms with Gasteiger partial charge in [0.1, 0.15) is 0 Å². The Balaban J connectivity index is 2.69. The quantitative estimate of drug-likeness (QED) is 0.797. The molecule has 1 rings (SSSR count). The van der Waals surface area contributed by atoms with Crippen LogP contribution in [0.25, 0.3) is 0 Å². The molecule has 1 fully saturated rings. The number of hydrogen-bond acceptors (Lipinski definition) is 3. The molecule has 0 aliphatic carbocycles. The standard InChI is InChI=1S/C12H22N2OS2/c1-4-5-10(11(13)16)12(15)14-6-8(2)17-9(3)7-14/h8-10H,4-7H2,1-3H3,(H2,13,16). The Bertz CT molecular complexity index is 286. The molecule has 5 heteroatoms. The van der Waals surface area contributed by atoms with Gasteiger partial charge in [-0.05, 0) is 6.42 Å². The molecular formula is C12H22N2OS2. The maximum Gasteiger partial charge on any atom is 0.232 e. The van der Waals surface area contributed by atoms with Crippen molar-refractivity contribution in [3.63, 3.8) is 0 Å². The number of carbonyl (C=O) groups is 1. The summed E-state index contributed by atoms with van der Waals surface area (Å²) in [5.41, 5.74) is 5.68. The first-order valence-electron chi connectivity index (χ1n) is 6.19. The average molecular weight is 274 g/mol. The van der Waals surface area contributed by atoms with Crippen molar-refractivity contribution < 1.29 is 4.79 Å². The van der Waals surface area contributed by atoms with Crippen LogP contribution in [0.1, 0.15) is 33.6 Å². The third-order valence-electron chi connectivity index (χ3n) is 2.95. The molecule has 3 nitrogen and oxygen atoms in total. The van der Waals surface area contributed by atoms with Gasteiger partial charge in [-0.25, -0.2) is 0 Å². The maximum absolute atomic E-state index is 12.4. The average Bonchev–Trinajstić information content (AvgIpc) is 2.23. The van der Waals surface area contributed by atoms with Gasteiger partial charge in [-0.3, -0.25) is 4.79 Å². The molecule has 1 aliphatic rings. The highest BCUT2D eigenvalue weighted by Gasteiger charge is 2.31. The number of hydrogen-bond donors (Lipinski definition) is 1. The van der Waals surface area contributed by atoms with Crippen LogP contribution in [0.4, 0.5) is 0 Å². The molecule has 0 spiro atoms. The van der Waals surface area contributed by atoms with Crippen LogP contribution in [-0.4, -0.2) is 39.4 Å². The molecule has 1 amide bonds. The van der Waals surface area contributed by atoms with Gasteiger partial charge < -0.3 is 10.6 Å². The van der Waals surface area contributed by atoms with Crippen LogP contribution in [0.2, 0.25) is 0 Å². The van der Waals surface area contributed by atoms with Gasteiger partial charge in [0.15, 0.2) is 0 Å². The largest absolute Gasteiger partial charge is 0.393 e. The molecule has 1 aliphatic heterocycles. The molecule has 2 N–H and O–H groups in total. The lowest BCUT2D eigenvalue weighted by molar-refractivity contribution is -0.133. The van der Waals surface area contributed by atoms with Crippen LogP contribution in [0.3, 0.4) is 0 Å². The fraction of sp³-hybridized carbons (Fsp3) is 0.833. The predicted octanol–water partition coefficient (Wildman–Crippen LogP) is 2.04. The zero-order valence-corrected chi connectivity index (χ0v) is 12.4. The second-order valence-corrected chi connectivity index (χ2v) is 7.10. The first kappa shape index (κ1) is 14.8. The van der Waals surface area contributed by atoms with E-state index in [1.807, 2.05) is 16.7 Å². The summed E-state index contributed by atoms with van der Waals surface area (Å²) < 4.78 is 0. The molecule has 1 heterocycles. The Hall–Kier alpha value is -0.290. The first-order valence-corrected chi connectivity index (χ1v) is 7.54. The molecule has 98 valence electrons. The van der Waals surface area contributed by atoms with E-state index in [1.165, 1.54) is 0 Å². The lowest BCUT2D eigenvalue weighted by Gasteiger charge is -2.36. The molecule has 0 radical (unpaired) electrons. The molecular weight excluding hydrogens is 252 g/mol. The van der Waals surface area contributed by atoms with E-state index in [2.05, 4.69) is 20.8 Å². The van der Waals surface area contributed by atoms with Gasteiger partial charge in [-0.15, -0.1) is 0 Å². The van der Waals surface area contributed by atoms with Gasteiger partial charge in [0, 0.05) is 23.6 Å². The Morgan fingerprint density at radius 3 is 2.41 bits per heavy atom. The number of thioether (sulfide) groups is 1. The van der Waals surface area contributed by atoms with Gasteiger partial charge in [0.25, 0.3) is 0 Å². The molecule has 3 unspecified atom stereocenters. The Labute approximate surface area is 113 Å². The summed E-state index contributed by atoms with van der Waals surface area (Å²) in [7, 11) is 0. The zero-order valence-electron chi connectivity index (χ0n) is 10.8. The monoisotopic (exact) mass is 274 g/mol. The number of nitrogens with two attached hydrogens (primary N) is 1. The van der Waals surface area contributed by atoms with Crippen LogP contribution in [-0.2, 0) is 4.79 Å². The van der Waals surface area contributed by atoms with Crippen LogP contribution in [0.5, 0.6) is 0 Å². The predicted molar refractivity (Wildman–Crippen MR) is 78.3 cm³/mol. The second kappa shape index (κ2) is 6.59. The van der Waals surface area contributed by atoms with E-state index in [1.54, 1.807) is 0 Å². The zero-order chi connectivity index (χ0) is 13.0. The highest BCUT2D eigenvalue weighted by Crippen LogP contribution is 2.26. The highest BCUT2D eigenvalue weighted by molar-refractivity contribution is 8.00. The Kier molecular flexibility index (Phi) is 5.73. The van der Waals surface area contributed by atoms with E-state index in [4.69, 9.17) is 18.0 Å². The van der Waals surface area contributed by atoms with Crippen molar-refractivity contribution >= 4 is 34.9 Å². The maximum atomic E-state index is 12.4. The summed E-state index contributed by atoms with van der Waals surface area (Å²) in [5, 5.41) is 0.993. The lowest BCUT2D eigenvalue weighted by atomic mass is 10.0. The minimum atomic E-state index is -0.266. The fourth-order valence-electron chi connectivity index (χ4n) is 2.25. The number of thiocarbonyl (C=S) groups is 1. The van der Waals surface area contributed by atoms with Gasteiger partial charge >= 0.3 is 0 Å².